The third-order valence-electron chi connectivity index (χ3n) is 4.18. The monoisotopic (exact) mass is 272 g/mol. The molecule has 1 fully saturated rings. The lowest BCUT2D eigenvalue weighted by atomic mass is 10.1. The highest BCUT2D eigenvalue weighted by atomic mass is 15.3. The van der Waals surface area contributed by atoms with Gasteiger partial charge in [0, 0.05) is 38.9 Å². The summed E-state index contributed by atoms with van der Waals surface area (Å²) in [6, 6.07) is 8.76. The fourth-order valence-electron chi connectivity index (χ4n) is 3.00. The van der Waals surface area contributed by atoms with E-state index in [1.54, 1.807) is 0 Å². The minimum Gasteiger partial charge on any atom is -0.371 e. The predicted octanol–water partition coefficient (Wildman–Crippen LogP) is 2.07. The zero-order valence-corrected chi connectivity index (χ0v) is 12.3. The van der Waals surface area contributed by atoms with E-state index in [0.717, 1.165) is 25.6 Å². The first kappa shape index (κ1) is 13.3. The van der Waals surface area contributed by atoms with Crippen molar-refractivity contribution in [2.75, 3.05) is 38.1 Å². The maximum Gasteiger partial charge on any atom is 0.194 e. The Kier molecular flexibility index (Phi) is 4.09. The first-order valence-corrected chi connectivity index (χ1v) is 7.67. The molecular weight excluding hydrogens is 248 g/mol. The first-order valence-electron chi connectivity index (χ1n) is 7.67. The van der Waals surface area contributed by atoms with Crippen LogP contribution in [0, 0.1) is 0 Å². The van der Waals surface area contributed by atoms with E-state index in [0.29, 0.717) is 0 Å². The van der Waals surface area contributed by atoms with Gasteiger partial charge in [-0.25, -0.2) is 0 Å². The van der Waals surface area contributed by atoms with Crippen LogP contribution in [-0.4, -0.2) is 44.1 Å². The number of aliphatic imine (C=N–C) groups is 1. The Morgan fingerprint density at radius 3 is 2.65 bits per heavy atom. The Labute approximate surface area is 121 Å². The molecule has 4 nitrogen and oxygen atoms in total. The summed E-state index contributed by atoms with van der Waals surface area (Å²) in [6.07, 6.45) is 4.01. The van der Waals surface area contributed by atoms with E-state index >= 15 is 0 Å². The first-order chi connectivity index (χ1) is 9.84. The van der Waals surface area contributed by atoms with Crippen LogP contribution < -0.4 is 10.2 Å². The van der Waals surface area contributed by atoms with Gasteiger partial charge in [0.05, 0.1) is 6.54 Å². The second-order valence-corrected chi connectivity index (χ2v) is 5.66. The lowest BCUT2D eigenvalue weighted by Gasteiger charge is -2.31. The smallest absolute Gasteiger partial charge is 0.194 e. The van der Waals surface area contributed by atoms with E-state index < -0.39 is 0 Å². The lowest BCUT2D eigenvalue weighted by molar-refractivity contribution is 0.533. The molecule has 2 aliphatic rings. The number of benzene rings is 1. The molecule has 1 aromatic rings. The van der Waals surface area contributed by atoms with E-state index in [1.165, 1.54) is 43.6 Å². The van der Waals surface area contributed by atoms with Crippen molar-refractivity contribution in [3.63, 3.8) is 0 Å². The highest BCUT2D eigenvalue weighted by molar-refractivity contribution is 5.81. The molecule has 2 heterocycles. The molecule has 108 valence electrons. The van der Waals surface area contributed by atoms with Crippen LogP contribution in [0.2, 0.25) is 0 Å². The molecule has 4 heteroatoms. The largest absolute Gasteiger partial charge is 0.371 e. The van der Waals surface area contributed by atoms with Gasteiger partial charge in [0.2, 0.25) is 0 Å². The van der Waals surface area contributed by atoms with Crippen LogP contribution in [0.1, 0.15) is 24.8 Å². The predicted molar refractivity (Wildman–Crippen MR) is 84.3 cm³/mol. The Morgan fingerprint density at radius 2 is 1.90 bits per heavy atom. The molecular formula is C16H24N4. The SMILES string of the molecule is CN1CCN=C1NCc1ccccc1N1CCCCC1. The average molecular weight is 272 g/mol. The molecule has 1 N–H and O–H groups in total. The quantitative estimate of drug-likeness (QED) is 0.914. The van der Waals surface area contributed by atoms with Crippen molar-refractivity contribution >= 4 is 11.6 Å². The zero-order valence-electron chi connectivity index (χ0n) is 12.3. The van der Waals surface area contributed by atoms with Gasteiger partial charge in [-0.15, -0.1) is 0 Å². The molecule has 20 heavy (non-hydrogen) atoms. The molecule has 0 atom stereocenters. The Balaban J connectivity index is 1.69. The molecule has 0 spiro atoms. The number of rotatable bonds is 3. The van der Waals surface area contributed by atoms with Crippen molar-refractivity contribution < 1.29 is 0 Å². The van der Waals surface area contributed by atoms with E-state index in [4.69, 9.17) is 0 Å². The maximum atomic E-state index is 4.49. The van der Waals surface area contributed by atoms with Crippen LogP contribution in [0.3, 0.4) is 0 Å². The number of anilines is 1. The van der Waals surface area contributed by atoms with Crippen molar-refractivity contribution in [2.45, 2.75) is 25.8 Å². The number of hydrogen-bond acceptors (Lipinski definition) is 4. The van der Waals surface area contributed by atoms with Gasteiger partial charge in [-0.2, -0.15) is 0 Å². The number of piperidine rings is 1. The van der Waals surface area contributed by atoms with Gasteiger partial charge in [0.25, 0.3) is 0 Å². The third kappa shape index (κ3) is 2.89. The third-order valence-corrected chi connectivity index (χ3v) is 4.18. The van der Waals surface area contributed by atoms with Gasteiger partial charge in [-0.1, -0.05) is 18.2 Å². The molecule has 0 bridgehead atoms. The second kappa shape index (κ2) is 6.16. The summed E-state index contributed by atoms with van der Waals surface area (Å²) in [6.45, 7) is 5.17. The lowest BCUT2D eigenvalue weighted by Crippen LogP contribution is -2.36. The van der Waals surface area contributed by atoms with E-state index in [2.05, 4.69) is 51.4 Å². The molecule has 0 radical (unpaired) electrons. The van der Waals surface area contributed by atoms with Crippen molar-refractivity contribution in [3.05, 3.63) is 29.8 Å². The molecule has 1 aromatic carbocycles. The minimum atomic E-state index is 0.857. The number of nitrogens with one attached hydrogen (secondary N) is 1. The molecule has 0 saturated carbocycles. The fraction of sp³-hybridized carbons (Fsp3) is 0.562. The second-order valence-electron chi connectivity index (χ2n) is 5.66. The van der Waals surface area contributed by atoms with Crippen LogP contribution in [0.5, 0.6) is 0 Å². The van der Waals surface area contributed by atoms with Crippen LogP contribution in [0.25, 0.3) is 0 Å². The van der Waals surface area contributed by atoms with Gasteiger partial charge >= 0.3 is 0 Å². The molecule has 0 amide bonds. The highest BCUT2D eigenvalue weighted by Gasteiger charge is 2.15. The van der Waals surface area contributed by atoms with E-state index in [1.807, 2.05) is 0 Å². The normalized spacial score (nSPS) is 19.1. The summed E-state index contributed by atoms with van der Waals surface area (Å²) < 4.78 is 0. The summed E-state index contributed by atoms with van der Waals surface area (Å²) in [7, 11) is 2.09. The fourth-order valence-corrected chi connectivity index (χ4v) is 3.00. The highest BCUT2D eigenvalue weighted by Crippen LogP contribution is 2.24. The van der Waals surface area contributed by atoms with Gasteiger partial charge in [0.15, 0.2) is 5.96 Å². The summed E-state index contributed by atoms with van der Waals surface area (Å²) in [5.41, 5.74) is 2.76. The average Bonchev–Trinajstić information content (AvgIpc) is 2.92. The van der Waals surface area contributed by atoms with E-state index in [9.17, 15) is 0 Å². The zero-order chi connectivity index (χ0) is 13.8. The number of hydrogen-bond donors (Lipinski definition) is 1. The summed E-state index contributed by atoms with van der Waals surface area (Å²) in [4.78, 5) is 9.20. The van der Waals surface area contributed by atoms with Crippen molar-refractivity contribution in [1.29, 1.82) is 0 Å². The summed E-state index contributed by atoms with van der Waals surface area (Å²) >= 11 is 0. The topological polar surface area (TPSA) is 30.9 Å². The Bertz CT molecular complexity index is 477. The minimum absolute atomic E-state index is 0.857. The molecule has 0 aromatic heterocycles. The molecule has 3 rings (SSSR count). The van der Waals surface area contributed by atoms with Crippen molar-refractivity contribution in [1.82, 2.24) is 10.2 Å². The maximum absolute atomic E-state index is 4.49. The van der Waals surface area contributed by atoms with Crippen molar-refractivity contribution in [3.8, 4) is 0 Å². The van der Waals surface area contributed by atoms with Crippen LogP contribution >= 0.6 is 0 Å². The molecule has 1 saturated heterocycles. The van der Waals surface area contributed by atoms with Crippen LogP contribution in [-0.2, 0) is 6.54 Å². The number of para-hydroxylation sites is 1. The Morgan fingerprint density at radius 1 is 1.10 bits per heavy atom. The van der Waals surface area contributed by atoms with Crippen LogP contribution in [0.4, 0.5) is 5.69 Å². The molecule has 2 aliphatic heterocycles. The van der Waals surface area contributed by atoms with Gasteiger partial charge in [-0.05, 0) is 30.9 Å². The summed E-state index contributed by atoms with van der Waals surface area (Å²) in [5, 5.41) is 3.48. The molecule has 0 aliphatic carbocycles. The van der Waals surface area contributed by atoms with Gasteiger partial charge < -0.3 is 15.1 Å². The summed E-state index contributed by atoms with van der Waals surface area (Å²) in [5.74, 6) is 1.03. The molecule has 0 unspecified atom stereocenters. The number of likely N-dealkylation sites (N-methyl/N-ethyl adjacent to an activating group) is 1. The van der Waals surface area contributed by atoms with Gasteiger partial charge in [-0.3, -0.25) is 4.99 Å². The number of nitrogens with zero attached hydrogens (tertiary/aromatic N) is 3. The van der Waals surface area contributed by atoms with Crippen LogP contribution in [0.15, 0.2) is 29.3 Å². The van der Waals surface area contributed by atoms with E-state index in [-0.39, 0.29) is 0 Å². The Hall–Kier alpha value is -1.71. The van der Waals surface area contributed by atoms with Gasteiger partial charge in [0.1, 0.15) is 0 Å². The number of guanidine groups is 1. The standard InChI is InChI=1S/C16H24N4/c1-19-12-9-17-16(19)18-13-14-7-3-4-8-15(14)20-10-5-2-6-11-20/h3-4,7-8H,2,5-6,9-13H2,1H3,(H,17,18). The van der Waals surface area contributed by atoms with Crippen molar-refractivity contribution in [2.24, 2.45) is 4.99 Å².